The van der Waals surface area contributed by atoms with Crippen LogP contribution >= 0.6 is 0 Å². The first-order valence-electron chi connectivity index (χ1n) is 7.10. The molecule has 0 bridgehead atoms. The van der Waals surface area contributed by atoms with E-state index in [9.17, 15) is 4.39 Å². The Hall–Kier alpha value is -1.97. The molecule has 1 aromatic carbocycles. The Morgan fingerprint density at radius 2 is 1.95 bits per heavy atom. The van der Waals surface area contributed by atoms with E-state index in [2.05, 4.69) is 29.1 Å². The zero-order valence-electron chi connectivity index (χ0n) is 12.0. The number of rotatable bonds is 6. The molecule has 0 fully saturated rings. The molecule has 2 rings (SSSR count). The molecule has 0 aliphatic carbocycles. The highest BCUT2D eigenvalue weighted by molar-refractivity contribution is 5.57. The number of hydrogen-bond donors (Lipinski definition) is 1. The minimum atomic E-state index is -0.268. The van der Waals surface area contributed by atoms with Gasteiger partial charge < -0.3 is 5.32 Å². The quantitative estimate of drug-likeness (QED) is 0.862. The summed E-state index contributed by atoms with van der Waals surface area (Å²) in [6.07, 6.45) is 2.95. The lowest BCUT2D eigenvalue weighted by atomic mass is 10.2. The number of anilines is 1. The van der Waals surface area contributed by atoms with Gasteiger partial charge in [0.05, 0.1) is 0 Å². The smallest absolute Gasteiger partial charge is 0.161 e. The lowest BCUT2D eigenvalue weighted by Crippen LogP contribution is -2.05. The largest absolute Gasteiger partial charge is 0.370 e. The van der Waals surface area contributed by atoms with Gasteiger partial charge in [0.25, 0.3) is 0 Å². The van der Waals surface area contributed by atoms with Crippen LogP contribution in [-0.2, 0) is 6.42 Å². The van der Waals surface area contributed by atoms with E-state index >= 15 is 0 Å². The molecule has 3 nitrogen and oxygen atoms in total. The molecule has 1 aromatic heterocycles. The van der Waals surface area contributed by atoms with E-state index in [1.807, 2.05) is 12.1 Å². The first-order valence-corrected chi connectivity index (χ1v) is 7.10. The van der Waals surface area contributed by atoms with Gasteiger partial charge in [0.15, 0.2) is 5.82 Å². The topological polar surface area (TPSA) is 37.8 Å². The van der Waals surface area contributed by atoms with Crippen molar-refractivity contribution in [2.24, 2.45) is 0 Å². The van der Waals surface area contributed by atoms with Crippen LogP contribution in [0, 0.1) is 5.82 Å². The zero-order chi connectivity index (χ0) is 14.4. The van der Waals surface area contributed by atoms with Gasteiger partial charge in [0.2, 0.25) is 0 Å². The van der Waals surface area contributed by atoms with Crippen LogP contribution in [-0.4, -0.2) is 16.5 Å². The molecule has 0 saturated heterocycles. The van der Waals surface area contributed by atoms with Crippen molar-refractivity contribution in [3.8, 4) is 11.4 Å². The predicted octanol–water partition coefficient (Wildman–Crippen LogP) is 4.06. The summed E-state index contributed by atoms with van der Waals surface area (Å²) in [4.78, 5) is 9.00. The lowest BCUT2D eigenvalue weighted by molar-refractivity contribution is 0.628. The Labute approximate surface area is 119 Å². The van der Waals surface area contributed by atoms with Crippen LogP contribution in [0.15, 0.2) is 30.3 Å². The normalized spacial score (nSPS) is 10.6. The Balaban J connectivity index is 2.37. The third kappa shape index (κ3) is 3.76. The summed E-state index contributed by atoms with van der Waals surface area (Å²) in [7, 11) is 0. The minimum absolute atomic E-state index is 0.268. The average Bonchev–Trinajstić information content (AvgIpc) is 2.45. The van der Waals surface area contributed by atoms with E-state index in [1.165, 1.54) is 12.1 Å². The van der Waals surface area contributed by atoms with Gasteiger partial charge in [0, 0.05) is 23.9 Å². The van der Waals surface area contributed by atoms with Crippen molar-refractivity contribution >= 4 is 5.82 Å². The first-order chi connectivity index (χ1) is 9.72. The number of aromatic nitrogens is 2. The first kappa shape index (κ1) is 14.4. The van der Waals surface area contributed by atoms with Crippen molar-refractivity contribution in [2.75, 3.05) is 11.9 Å². The fourth-order valence-electron chi connectivity index (χ4n) is 1.98. The highest BCUT2D eigenvalue weighted by Crippen LogP contribution is 2.19. The molecular weight excluding hydrogens is 253 g/mol. The summed E-state index contributed by atoms with van der Waals surface area (Å²) in [5.41, 5.74) is 1.70. The SMILES string of the molecule is CCCNc1cc(CCC)nc(-c2cccc(F)c2)n1. The molecule has 0 saturated carbocycles. The van der Waals surface area contributed by atoms with Crippen LogP contribution in [0.5, 0.6) is 0 Å². The summed E-state index contributed by atoms with van der Waals surface area (Å²) in [5, 5.41) is 3.27. The van der Waals surface area contributed by atoms with E-state index in [0.29, 0.717) is 11.4 Å². The maximum atomic E-state index is 13.3. The fraction of sp³-hybridized carbons (Fsp3) is 0.375. The number of halogens is 1. The average molecular weight is 273 g/mol. The molecule has 0 spiro atoms. The maximum absolute atomic E-state index is 13.3. The van der Waals surface area contributed by atoms with Gasteiger partial charge in [0.1, 0.15) is 11.6 Å². The van der Waals surface area contributed by atoms with Crippen molar-refractivity contribution in [1.29, 1.82) is 0 Å². The molecular formula is C16H20FN3. The van der Waals surface area contributed by atoms with Gasteiger partial charge in [-0.2, -0.15) is 0 Å². The lowest BCUT2D eigenvalue weighted by Gasteiger charge is -2.09. The number of aryl methyl sites for hydroxylation is 1. The highest BCUT2D eigenvalue weighted by Gasteiger charge is 2.07. The summed E-state index contributed by atoms with van der Waals surface area (Å²) in [6, 6.07) is 8.38. The fourth-order valence-corrected chi connectivity index (χ4v) is 1.98. The summed E-state index contributed by atoms with van der Waals surface area (Å²) in [6.45, 7) is 5.09. The van der Waals surface area contributed by atoms with Crippen LogP contribution in [0.2, 0.25) is 0 Å². The third-order valence-corrected chi connectivity index (χ3v) is 2.92. The van der Waals surface area contributed by atoms with Gasteiger partial charge in [-0.05, 0) is 25.0 Å². The van der Waals surface area contributed by atoms with Crippen LogP contribution < -0.4 is 5.32 Å². The van der Waals surface area contributed by atoms with Gasteiger partial charge in [-0.3, -0.25) is 0 Å². The van der Waals surface area contributed by atoms with Gasteiger partial charge in [-0.25, -0.2) is 14.4 Å². The Bertz CT molecular complexity index is 569. The third-order valence-electron chi connectivity index (χ3n) is 2.92. The van der Waals surface area contributed by atoms with Crippen LogP contribution in [0.4, 0.5) is 10.2 Å². The van der Waals surface area contributed by atoms with E-state index in [-0.39, 0.29) is 5.82 Å². The molecule has 0 unspecified atom stereocenters. The Kier molecular flexibility index (Phi) is 5.04. The standard InChI is InChI=1S/C16H20FN3/c1-3-6-14-11-15(18-9-4-2)20-16(19-14)12-7-5-8-13(17)10-12/h5,7-8,10-11H,3-4,6,9H2,1-2H3,(H,18,19,20). The number of benzene rings is 1. The van der Waals surface area contributed by atoms with Gasteiger partial charge >= 0.3 is 0 Å². The van der Waals surface area contributed by atoms with Crippen molar-refractivity contribution in [3.63, 3.8) is 0 Å². The summed E-state index contributed by atoms with van der Waals surface area (Å²) < 4.78 is 13.3. The molecule has 1 N–H and O–H groups in total. The van der Waals surface area contributed by atoms with Crippen LogP contribution in [0.25, 0.3) is 11.4 Å². The van der Waals surface area contributed by atoms with Crippen LogP contribution in [0.3, 0.4) is 0 Å². The molecule has 4 heteroatoms. The number of nitrogens with one attached hydrogen (secondary N) is 1. The minimum Gasteiger partial charge on any atom is -0.370 e. The number of hydrogen-bond acceptors (Lipinski definition) is 3. The predicted molar refractivity (Wildman–Crippen MR) is 80.2 cm³/mol. The molecule has 0 aliphatic rings. The summed E-state index contributed by atoms with van der Waals surface area (Å²) in [5.74, 6) is 1.12. The monoisotopic (exact) mass is 273 g/mol. The second-order valence-electron chi connectivity index (χ2n) is 4.76. The molecule has 1 heterocycles. The summed E-state index contributed by atoms with van der Waals surface area (Å²) >= 11 is 0. The molecule has 2 aromatic rings. The molecule has 0 atom stereocenters. The number of nitrogens with zero attached hydrogens (tertiary/aromatic N) is 2. The van der Waals surface area contributed by atoms with E-state index in [1.54, 1.807) is 6.07 Å². The van der Waals surface area contributed by atoms with Crippen molar-refractivity contribution < 1.29 is 4.39 Å². The highest BCUT2D eigenvalue weighted by atomic mass is 19.1. The van der Waals surface area contributed by atoms with Crippen molar-refractivity contribution in [3.05, 3.63) is 41.8 Å². The van der Waals surface area contributed by atoms with E-state index < -0.39 is 0 Å². The molecule has 0 aliphatic heterocycles. The maximum Gasteiger partial charge on any atom is 0.161 e. The second kappa shape index (κ2) is 6.98. The van der Waals surface area contributed by atoms with Crippen molar-refractivity contribution in [2.45, 2.75) is 33.1 Å². The molecule has 106 valence electrons. The second-order valence-corrected chi connectivity index (χ2v) is 4.76. The van der Waals surface area contributed by atoms with Gasteiger partial charge in [-0.15, -0.1) is 0 Å². The van der Waals surface area contributed by atoms with E-state index in [0.717, 1.165) is 37.3 Å². The van der Waals surface area contributed by atoms with Crippen LogP contribution in [0.1, 0.15) is 32.4 Å². The zero-order valence-corrected chi connectivity index (χ0v) is 12.0. The molecule has 20 heavy (non-hydrogen) atoms. The van der Waals surface area contributed by atoms with E-state index in [4.69, 9.17) is 0 Å². The molecule has 0 radical (unpaired) electrons. The van der Waals surface area contributed by atoms with Gasteiger partial charge in [-0.1, -0.05) is 32.4 Å². The Morgan fingerprint density at radius 1 is 1.10 bits per heavy atom. The Morgan fingerprint density at radius 3 is 2.65 bits per heavy atom. The molecule has 0 amide bonds. The van der Waals surface area contributed by atoms with Crippen molar-refractivity contribution in [1.82, 2.24) is 9.97 Å².